The van der Waals surface area contributed by atoms with E-state index in [1.54, 1.807) is 0 Å². The standard InChI is InChI=1S/C14H26N2O/c15-10-11-16(13-8-4-5-9-13)14(17)12-6-2-1-3-7-12/h12-13H,1-11,15H2. The van der Waals surface area contributed by atoms with Crippen LogP contribution in [0.2, 0.25) is 0 Å². The molecule has 0 aromatic carbocycles. The summed E-state index contributed by atoms with van der Waals surface area (Å²) in [5.74, 6) is 0.706. The average molecular weight is 238 g/mol. The number of hydrogen-bond donors (Lipinski definition) is 1. The first kappa shape index (κ1) is 12.9. The van der Waals surface area contributed by atoms with E-state index in [9.17, 15) is 4.79 Å². The lowest BCUT2D eigenvalue weighted by molar-refractivity contribution is -0.138. The molecule has 0 saturated heterocycles. The van der Waals surface area contributed by atoms with Gasteiger partial charge in [-0.1, -0.05) is 32.1 Å². The van der Waals surface area contributed by atoms with Gasteiger partial charge in [-0.05, 0) is 25.7 Å². The highest BCUT2D eigenvalue weighted by Gasteiger charge is 2.31. The molecule has 17 heavy (non-hydrogen) atoms. The van der Waals surface area contributed by atoms with Crippen molar-refractivity contribution in [3.05, 3.63) is 0 Å². The summed E-state index contributed by atoms with van der Waals surface area (Å²) in [6, 6.07) is 0.493. The number of amides is 1. The van der Waals surface area contributed by atoms with Gasteiger partial charge in [0.25, 0.3) is 0 Å². The van der Waals surface area contributed by atoms with Crippen LogP contribution in [0.4, 0.5) is 0 Å². The molecule has 3 nitrogen and oxygen atoms in total. The first-order chi connectivity index (χ1) is 8.33. The third-order valence-electron chi connectivity index (χ3n) is 4.37. The molecule has 0 bridgehead atoms. The van der Waals surface area contributed by atoms with E-state index in [1.807, 2.05) is 0 Å². The highest BCUT2D eigenvalue weighted by Crippen LogP contribution is 2.29. The summed E-state index contributed by atoms with van der Waals surface area (Å²) in [5, 5.41) is 0. The lowest BCUT2D eigenvalue weighted by Gasteiger charge is -2.33. The Hall–Kier alpha value is -0.570. The Morgan fingerprint density at radius 1 is 1.00 bits per heavy atom. The predicted octanol–water partition coefficient (Wildman–Crippen LogP) is 2.30. The summed E-state index contributed by atoms with van der Waals surface area (Å²) in [7, 11) is 0. The van der Waals surface area contributed by atoms with Crippen molar-refractivity contribution in [2.24, 2.45) is 11.7 Å². The number of carbonyl (C=O) groups excluding carboxylic acids is 1. The van der Waals surface area contributed by atoms with Gasteiger partial charge < -0.3 is 10.6 Å². The fourth-order valence-electron chi connectivity index (χ4n) is 3.41. The van der Waals surface area contributed by atoms with E-state index in [1.165, 1.54) is 44.9 Å². The minimum Gasteiger partial charge on any atom is -0.338 e. The summed E-state index contributed by atoms with van der Waals surface area (Å²) in [6.07, 6.45) is 10.9. The Morgan fingerprint density at radius 3 is 2.18 bits per heavy atom. The summed E-state index contributed by atoms with van der Waals surface area (Å²) in [5.41, 5.74) is 5.67. The number of hydrogen-bond acceptors (Lipinski definition) is 2. The van der Waals surface area contributed by atoms with E-state index < -0.39 is 0 Å². The van der Waals surface area contributed by atoms with Crippen molar-refractivity contribution >= 4 is 5.91 Å². The Balaban J connectivity index is 1.95. The Labute approximate surface area is 105 Å². The molecule has 0 heterocycles. The van der Waals surface area contributed by atoms with Gasteiger partial charge in [0.1, 0.15) is 0 Å². The lowest BCUT2D eigenvalue weighted by atomic mass is 9.88. The van der Waals surface area contributed by atoms with Gasteiger partial charge in [0, 0.05) is 25.0 Å². The minimum absolute atomic E-state index is 0.302. The molecular formula is C14H26N2O. The Kier molecular flexibility index (Phi) is 4.84. The van der Waals surface area contributed by atoms with Gasteiger partial charge in [0.15, 0.2) is 0 Å². The van der Waals surface area contributed by atoms with E-state index in [0.717, 1.165) is 19.4 Å². The molecule has 3 heteroatoms. The van der Waals surface area contributed by atoms with Crippen molar-refractivity contribution in [1.82, 2.24) is 4.90 Å². The molecule has 98 valence electrons. The second-order valence-corrected chi connectivity index (χ2v) is 5.59. The maximum absolute atomic E-state index is 12.5. The smallest absolute Gasteiger partial charge is 0.225 e. The molecule has 0 aromatic rings. The second kappa shape index (κ2) is 6.39. The van der Waals surface area contributed by atoms with Crippen molar-refractivity contribution in [3.8, 4) is 0 Å². The van der Waals surface area contributed by atoms with Crippen LogP contribution in [0.15, 0.2) is 0 Å². The second-order valence-electron chi connectivity index (χ2n) is 5.59. The molecule has 0 aliphatic heterocycles. The van der Waals surface area contributed by atoms with Gasteiger partial charge >= 0.3 is 0 Å². The SMILES string of the molecule is NCCN(C(=O)C1CCCCC1)C1CCCC1. The quantitative estimate of drug-likeness (QED) is 0.817. The van der Waals surface area contributed by atoms with Gasteiger partial charge in [0.2, 0.25) is 5.91 Å². The van der Waals surface area contributed by atoms with Crippen LogP contribution in [0.5, 0.6) is 0 Å². The third kappa shape index (κ3) is 3.21. The van der Waals surface area contributed by atoms with Crippen LogP contribution in [0, 0.1) is 5.92 Å². The monoisotopic (exact) mass is 238 g/mol. The Morgan fingerprint density at radius 2 is 1.59 bits per heavy atom. The lowest BCUT2D eigenvalue weighted by Crippen LogP contribution is -2.45. The van der Waals surface area contributed by atoms with Gasteiger partial charge in [-0.3, -0.25) is 4.79 Å². The molecule has 2 aliphatic carbocycles. The average Bonchev–Trinajstić information content (AvgIpc) is 2.90. The first-order valence-corrected chi connectivity index (χ1v) is 7.33. The van der Waals surface area contributed by atoms with Crippen LogP contribution in [0.1, 0.15) is 57.8 Å². The van der Waals surface area contributed by atoms with E-state index in [0.29, 0.717) is 24.4 Å². The molecule has 0 spiro atoms. The number of nitrogens with zero attached hydrogens (tertiary/aromatic N) is 1. The summed E-state index contributed by atoms with van der Waals surface area (Å²) < 4.78 is 0. The van der Waals surface area contributed by atoms with Crippen LogP contribution >= 0.6 is 0 Å². The molecule has 2 saturated carbocycles. The van der Waals surface area contributed by atoms with Crippen LogP contribution < -0.4 is 5.73 Å². The van der Waals surface area contributed by atoms with Gasteiger partial charge in [-0.15, -0.1) is 0 Å². The van der Waals surface area contributed by atoms with Crippen molar-refractivity contribution in [1.29, 1.82) is 0 Å². The Bertz CT molecular complexity index is 243. The molecular weight excluding hydrogens is 212 g/mol. The summed E-state index contributed by atoms with van der Waals surface area (Å²) in [4.78, 5) is 14.7. The molecule has 2 rings (SSSR count). The van der Waals surface area contributed by atoms with E-state index >= 15 is 0 Å². The maximum Gasteiger partial charge on any atom is 0.225 e. The predicted molar refractivity (Wildman–Crippen MR) is 69.6 cm³/mol. The van der Waals surface area contributed by atoms with E-state index in [2.05, 4.69) is 4.90 Å². The van der Waals surface area contributed by atoms with Crippen molar-refractivity contribution in [2.75, 3.05) is 13.1 Å². The molecule has 2 N–H and O–H groups in total. The molecule has 2 aliphatic rings. The molecule has 0 atom stereocenters. The molecule has 1 amide bonds. The highest BCUT2D eigenvalue weighted by atomic mass is 16.2. The number of rotatable bonds is 4. The zero-order valence-corrected chi connectivity index (χ0v) is 10.9. The number of carbonyl (C=O) groups is 1. The van der Waals surface area contributed by atoms with Crippen LogP contribution in [-0.4, -0.2) is 29.9 Å². The molecule has 2 fully saturated rings. The summed E-state index contributed by atoms with van der Waals surface area (Å²) >= 11 is 0. The molecule has 0 aromatic heterocycles. The van der Waals surface area contributed by atoms with E-state index in [-0.39, 0.29) is 0 Å². The zero-order chi connectivity index (χ0) is 12.1. The van der Waals surface area contributed by atoms with Gasteiger partial charge in [-0.2, -0.15) is 0 Å². The number of nitrogens with two attached hydrogens (primary N) is 1. The van der Waals surface area contributed by atoms with Crippen LogP contribution in [0.3, 0.4) is 0 Å². The van der Waals surface area contributed by atoms with Crippen molar-refractivity contribution in [2.45, 2.75) is 63.8 Å². The first-order valence-electron chi connectivity index (χ1n) is 7.33. The largest absolute Gasteiger partial charge is 0.338 e. The summed E-state index contributed by atoms with van der Waals surface area (Å²) in [6.45, 7) is 1.37. The van der Waals surface area contributed by atoms with Gasteiger partial charge in [-0.25, -0.2) is 0 Å². The zero-order valence-electron chi connectivity index (χ0n) is 10.9. The van der Waals surface area contributed by atoms with Gasteiger partial charge in [0.05, 0.1) is 0 Å². The maximum atomic E-state index is 12.5. The van der Waals surface area contributed by atoms with Crippen molar-refractivity contribution in [3.63, 3.8) is 0 Å². The van der Waals surface area contributed by atoms with Crippen LogP contribution in [0.25, 0.3) is 0 Å². The van der Waals surface area contributed by atoms with E-state index in [4.69, 9.17) is 5.73 Å². The minimum atomic E-state index is 0.302. The fourth-order valence-corrected chi connectivity index (χ4v) is 3.41. The topological polar surface area (TPSA) is 46.3 Å². The molecule has 0 radical (unpaired) electrons. The fraction of sp³-hybridized carbons (Fsp3) is 0.929. The molecule has 0 unspecified atom stereocenters. The van der Waals surface area contributed by atoms with Crippen LogP contribution in [-0.2, 0) is 4.79 Å². The van der Waals surface area contributed by atoms with Crippen molar-refractivity contribution < 1.29 is 4.79 Å². The third-order valence-corrected chi connectivity index (χ3v) is 4.37. The normalized spacial score (nSPS) is 22.9. The highest BCUT2D eigenvalue weighted by molar-refractivity contribution is 5.79.